The summed E-state index contributed by atoms with van der Waals surface area (Å²) in [5.41, 5.74) is 1.50. The van der Waals surface area contributed by atoms with Crippen molar-refractivity contribution >= 4 is 16.8 Å². The Balaban J connectivity index is 1.72. The summed E-state index contributed by atoms with van der Waals surface area (Å²) in [4.78, 5) is 32.9. The van der Waals surface area contributed by atoms with Gasteiger partial charge in [-0.15, -0.1) is 0 Å². The number of pyridine rings is 2. The average molecular weight is 460 g/mol. The van der Waals surface area contributed by atoms with Gasteiger partial charge >= 0.3 is 0 Å². The van der Waals surface area contributed by atoms with Gasteiger partial charge in [0.05, 0.1) is 10.9 Å². The van der Waals surface area contributed by atoms with Gasteiger partial charge < -0.3 is 10.3 Å². The molecule has 2 N–H and O–H groups in total. The molecule has 2 aliphatic carbocycles. The fourth-order valence-electron chi connectivity index (χ4n) is 6.10. The Kier molecular flexibility index (Phi) is 6.36. The van der Waals surface area contributed by atoms with E-state index in [1.165, 1.54) is 13.2 Å². The molecular weight excluding hydrogens is 424 g/mol. The molecule has 0 saturated heterocycles. The van der Waals surface area contributed by atoms with E-state index >= 15 is 0 Å². The first kappa shape index (κ1) is 23.8. The van der Waals surface area contributed by atoms with Crippen molar-refractivity contribution in [2.24, 2.45) is 23.2 Å². The maximum Gasteiger partial charge on any atom is 0.270 e. The van der Waals surface area contributed by atoms with Gasteiger partial charge in [-0.25, -0.2) is 8.78 Å². The summed E-state index contributed by atoms with van der Waals surface area (Å²) in [6.45, 7) is 6.78. The van der Waals surface area contributed by atoms with Crippen LogP contribution in [0.1, 0.15) is 87.8 Å². The number of fused-ring (bicyclic) bond motifs is 1. The van der Waals surface area contributed by atoms with E-state index < -0.39 is 11.8 Å². The summed E-state index contributed by atoms with van der Waals surface area (Å²) < 4.78 is 27.8. The molecule has 2 heterocycles. The molecule has 0 aromatic carbocycles. The Morgan fingerprint density at radius 3 is 2.52 bits per heavy atom. The SMILES string of the molecule is CNC(=O)c1nccc2[nH]c([C@@H]3CC[C@H](C(C)(C)C)C[C@H]3C3CCC(F)(F)CC3)cc(=O)c12. The number of H-pyrrole nitrogens is 1. The highest BCUT2D eigenvalue weighted by atomic mass is 19.3. The highest BCUT2D eigenvalue weighted by Gasteiger charge is 2.44. The molecule has 5 nitrogen and oxygen atoms in total. The zero-order chi connectivity index (χ0) is 24.0. The first-order chi connectivity index (χ1) is 15.5. The molecule has 0 bridgehead atoms. The summed E-state index contributed by atoms with van der Waals surface area (Å²) in [6, 6.07) is 3.34. The quantitative estimate of drug-likeness (QED) is 0.622. The molecule has 2 aliphatic rings. The number of alkyl halides is 2. The minimum atomic E-state index is -2.55. The second-order valence-electron chi connectivity index (χ2n) is 11.1. The summed E-state index contributed by atoms with van der Waals surface area (Å²) in [6.07, 6.45) is 5.48. The lowest BCUT2D eigenvalue weighted by molar-refractivity contribution is -0.0594. The van der Waals surface area contributed by atoms with Crippen molar-refractivity contribution in [3.8, 4) is 0 Å². The number of rotatable bonds is 3. The molecule has 2 aromatic heterocycles. The Bertz CT molecular complexity index is 1080. The van der Waals surface area contributed by atoms with Gasteiger partial charge in [-0.3, -0.25) is 14.6 Å². The molecular formula is C26H35F2N3O2. The standard InChI is InChI=1S/C26H35F2N3O2/c1-25(2,3)16-5-6-17(18(13-16)15-7-10-26(27,28)11-8-15)20-14-21(32)22-19(31-20)9-12-30-23(22)24(33)29-4/h9,12,14-18H,5-8,10-11,13H2,1-4H3,(H,29,33)(H,31,32)/t16-,17+,18-/m0/s1. The topological polar surface area (TPSA) is 74.8 Å². The second kappa shape index (κ2) is 8.80. The third-order valence-corrected chi connectivity index (χ3v) is 8.10. The van der Waals surface area contributed by atoms with Crippen LogP contribution in [0.4, 0.5) is 8.78 Å². The first-order valence-corrected chi connectivity index (χ1v) is 12.1. The number of amides is 1. The third-order valence-electron chi connectivity index (χ3n) is 8.10. The van der Waals surface area contributed by atoms with Gasteiger partial charge in [-0.1, -0.05) is 20.8 Å². The number of carbonyl (C=O) groups excluding carboxylic acids is 1. The smallest absolute Gasteiger partial charge is 0.270 e. The predicted octanol–water partition coefficient (Wildman–Crippen LogP) is 5.65. The zero-order valence-corrected chi connectivity index (χ0v) is 20.0. The third kappa shape index (κ3) is 4.82. The van der Waals surface area contributed by atoms with Crippen LogP contribution in [0.15, 0.2) is 23.1 Å². The number of hydrogen-bond acceptors (Lipinski definition) is 3. The minimum absolute atomic E-state index is 0.0452. The van der Waals surface area contributed by atoms with Gasteiger partial charge in [0.2, 0.25) is 5.92 Å². The van der Waals surface area contributed by atoms with Crippen molar-refractivity contribution in [1.29, 1.82) is 0 Å². The van der Waals surface area contributed by atoms with Crippen LogP contribution in [0.2, 0.25) is 0 Å². The fourth-order valence-corrected chi connectivity index (χ4v) is 6.10. The Morgan fingerprint density at radius 1 is 1.18 bits per heavy atom. The maximum atomic E-state index is 13.9. The van der Waals surface area contributed by atoms with E-state index in [1.807, 2.05) is 0 Å². The van der Waals surface area contributed by atoms with E-state index in [0.717, 1.165) is 25.0 Å². The van der Waals surface area contributed by atoms with E-state index in [-0.39, 0.29) is 52.5 Å². The Labute approximate surface area is 193 Å². The fraction of sp³-hybridized carbons (Fsp3) is 0.654. The number of hydrogen-bond donors (Lipinski definition) is 2. The number of aromatic amines is 1. The van der Waals surface area contributed by atoms with E-state index in [0.29, 0.717) is 24.3 Å². The molecule has 2 aromatic rings. The first-order valence-electron chi connectivity index (χ1n) is 12.1. The van der Waals surface area contributed by atoms with Gasteiger partial charge in [0, 0.05) is 43.8 Å². The lowest BCUT2D eigenvalue weighted by Gasteiger charge is -2.46. The van der Waals surface area contributed by atoms with Crippen LogP contribution in [0, 0.1) is 23.2 Å². The van der Waals surface area contributed by atoms with Crippen LogP contribution in [-0.2, 0) is 0 Å². The molecule has 4 rings (SSSR count). The van der Waals surface area contributed by atoms with Gasteiger partial charge in [0.25, 0.3) is 5.91 Å². The molecule has 2 saturated carbocycles. The van der Waals surface area contributed by atoms with Crippen LogP contribution >= 0.6 is 0 Å². The number of nitrogens with one attached hydrogen (secondary N) is 2. The van der Waals surface area contributed by atoms with E-state index in [4.69, 9.17) is 0 Å². The van der Waals surface area contributed by atoms with Gasteiger partial charge in [-0.2, -0.15) is 0 Å². The molecule has 180 valence electrons. The lowest BCUT2D eigenvalue weighted by atomic mass is 9.60. The molecule has 2 fully saturated rings. The Hall–Kier alpha value is -2.31. The summed E-state index contributed by atoms with van der Waals surface area (Å²) in [5.74, 6) is -1.81. The van der Waals surface area contributed by atoms with Gasteiger partial charge in [0.15, 0.2) is 5.43 Å². The van der Waals surface area contributed by atoms with Crippen LogP contribution < -0.4 is 10.7 Å². The Morgan fingerprint density at radius 2 is 1.88 bits per heavy atom. The summed E-state index contributed by atoms with van der Waals surface area (Å²) in [5, 5.41) is 2.83. The van der Waals surface area contributed by atoms with Gasteiger partial charge in [0.1, 0.15) is 5.69 Å². The minimum Gasteiger partial charge on any atom is -0.358 e. The van der Waals surface area contributed by atoms with Crippen molar-refractivity contribution < 1.29 is 13.6 Å². The molecule has 0 aliphatic heterocycles. The second-order valence-corrected chi connectivity index (χ2v) is 11.1. The van der Waals surface area contributed by atoms with E-state index in [2.05, 4.69) is 36.1 Å². The zero-order valence-electron chi connectivity index (χ0n) is 20.0. The monoisotopic (exact) mass is 459 g/mol. The van der Waals surface area contributed by atoms with Gasteiger partial charge in [-0.05, 0) is 61.3 Å². The molecule has 3 atom stereocenters. The predicted molar refractivity (Wildman–Crippen MR) is 126 cm³/mol. The number of halogens is 2. The van der Waals surface area contributed by atoms with Crippen molar-refractivity contribution in [1.82, 2.24) is 15.3 Å². The number of carbonyl (C=O) groups is 1. The largest absolute Gasteiger partial charge is 0.358 e. The van der Waals surface area contributed by atoms with E-state index in [1.54, 1.807) is 12.1 Å². The maximum absolute atomic E-state index is 13.9. The lowest BCUT2D eigenvalue weighted by Crippen LogP contribution is -2.38. The van der Waals surface area contributed by atoms with Crippen molar-refractivity contribution in [2.75, 3.05) is 7.05 Å². The molecule has 33 heavy (non-hydrogen) atoms. The summed E-state index contributed by atoms with van der Waals surface area (Å²) in [7, 11) is 1.51. The molecule has 1 amide bonds. The van der Waals surface area contributed by atoms with Crippen LogP contribution in [-0.4, -0.2) is 28.8 Å². The highest BCUT2D eigenvalue weighted by Crippen LogP contribution is 2.52. The van der Waals surface area contributed by atoms with Crippen molar-refractivity contribution in [3.63, 3.8) is 0 Å². The molecule has 0 spiro atoms. The number of aromatic nitrogens is 2. The van der Waals surface area contributed by atoms with Crippen molar-refractivity contribution in [3.05, 3.63) is 39.9 Å². The van der Waals surface area contributed by atoms with E-state index in [9.17, 15) is 18.4 Å². The molecule has 0 unspecified atom stereocenters. The van der Waals surface area contributed by atoms with Crippen LogP contribution in [0.3, 0.4) is 0 Å². The normalized spacial score (nSPS) is 26.3. The highest BCUT2D eigenvalue weighted by molar-refractivity contribution is 6.04. The number of nitrogens with zero attached hydrogens (tertiary/aromatic N) is 1. The molecule has 0 radical (unpaired) electrons. The molecule has 7 heteroatoms. The average Bonchev–Trinajstić information content (AvgIpc) is 2.77. The van der Waals surface area contributed by atoms with Crippen molar-refractivity contribution in [2.45, 2.75) is 77.6 Å². The van der Waals surface area contributed by atoms with Crippen LogP contribution in [0.25, 0.3) is 10.9 Å². The summed E-state index contributed by atoms with van der Waals surface area (Å²) >= 11 is 0. The van der Waals surface area contributed by atoms with Crippen LogP contribution in [0.5, 0.6) is 0 Å².